The van der Waals surface area contributed by atoms with E-state index in [0.29, 0.717) is 33.4 Å². The number of hydrogen-bond donors (Lipinski definition) is 2. The Morgan fingerprint density at radius 2 is 1.86 bits per heavy atom. The fourth-order valence-electron chi connectivity index (χ4n) is 2.51. The topological polar surface area (TPSA) is 79.9 Å². The van der Waals surface area contributed by atoms with Crippen LogP contribution in [-0.2, 0) is 0 Å². The molecule has 0 saturated heterocycles. The molecule has 1 heterocycles. The van der Waals surface area contributed by atoms with Gasteiger partial charge in [0.05, 0.1) is 12.7 Å². The van der Waals surface area contributed by atoms with Crippen molar-refractivity contribution >= 4 is 11.0 Å². The molecule has 0 atom stereocenters. The molecule has 0 aliphatic rings. The molecule has 5 nitrogen and oxygen atoms in total. The van der Waals surface area contributed by atoms with Crippen LogP contribution >= 0.6 is 0 Å². The van der Waals surface area contributed by atoms with Crippen molar-refractivity contribution in [3.8, 4) is 28.4 Å². The third-order valence-corrected chi connectivity index (χ3v) is 3.63. The summed E-state index contributed by atoms with van der Waals surface area (Å²) in [6.07, 6.45) is 0. The van der Waals surface area contributed by atoms with Crippen molar-refractivity contribution in [1.82, 2.24) is 0 Å². The van der Waals surface area contributed by atoms with E-state index >= 15 is 0 Å². The first-order chi connectivity index (χ1) is 10.5. The van der Waals surface area contributed by atoms with Gasteiger partial charge < -0.3 is 19.4 Å². The molecular weight excluding hydrogens is 284 g/mol. The van der Waals surface area contributed by atoms with Crippen LogP contribution in [0.5, 0.6) is 17.2 Å². The van der Waals surface area contributed by atoms with E-state index in [1.165, 1.54) is 25.3 Å². The van der Waals surface area contributed by atoms with Gasteiger partial charge in [0.25, 0.3) is 0 Å². The predicted molar refractivity (Wildman–Crippen MR) is 82.5 cm³/mol. The normalized spacial score (nSPS) is 10.8. The van der Waals surface area contributed by atoms with Crippen molar-refractivity contribution in [3.05, 3.63) is 52.4 Å². The second-order valence-corrected chi connectivity index (χ2v) is 4.95. The molecule has 1 aromatic heterocycles. The van der Waals surface area contributed by atoms with Crippen LogP contribution in [0.4, 0.5) is 0 Å². The molecule has 0 bridgehead atoms. The van der Waals surface area contributed by atoms with Crippen LogP contribution in [0.15, 0.2) is 45.6 Å². The molecule has 0 amide bonds. The highest BCUT2D eigenvalue weighted by Crippen LogP contribution is 2.35. The maximum Gasteiger partial charge on any atom is 0.344 e. The summed E-state index contributed by atoms with van der Waals surface area (Å²) < 4.78 is 10.3. The smallest absolute Gasteiger partial charge is 0.344 e. The number of aromatic hydroxyl groups is 2. The van der Waals surface area contributed by atoms with E-state index in [4.69, 9.17) is 9.15 Å². The predicted octanol–water partition coefficient (Wildman–Crippen LogP) is 3.19. The quantitative estimate of drug-likeness (QED) is 0.710. The molecule has 3 aromatic rings. The summed E-state index contributed by atoms with van der Waals surface area (Å²) in [6, 6.07) is 9.30. The van der Waals surface area contributed by atoms with Crippen LogP contribution in [0.2, 0.25) is 0 Å². The monoisotopic (exact) mass is 298 g/mol. The molecule has 0 aliphatic heterocycles. The zero-order valence-electron chi connectivity index (χ0n) is 12.1. The van der Waals surface area contributed by atoms with E-state index in [1.54, 1.807) is 25.1 Å². The SMILES string of the molecule is COc1ccc(-c2c(C)c3ccc(O)cc3oc2=O)c(O)c1. The number of benzene rings is 2. The van der Waals surface area contributed by atoms with Gasteiger partial charge in [-0.05, 0) is 36.8 Å². The number of hydrogen-bond acceptors (Lipinski definition) is 5. The Labute approximate surface area is 126 Å². The van der Waals surface area contributed by atoms with Gasteiger partial charge in [0, 0.05) is 23.1 Å². The lowest BCUT2D eigenvalue weighted by Gasteiger charge is -2.10. The van der Waals surface area contributed by atoms with E-state index in [1.807, 2.05) is 0 Å². The van der Waals surface area contributed by atoms with Crippen molar-refractivity contribution in [2.24, 2.45) is 0 Å². The average Bonchev–Trinajstić information content (AvgIpc) is 2.48. The average molecular weight is 298 g/mol. The van der Waals surface area contributed by atoms with Gasteiger partial charge in [-0.2, -0.15) is 0 Å². The number of aryl methyl sites for hydroxylation is 1. The molecule has 5 heteroatoms. The minimum Gasteiger partial charge on any atom is -0.508 e. The second-order valence-electron chi connectivity index (χ2n) is 4.95. The van der Waals surface area contributed by atoms with Gasteiger partial charge in [-0.15, -0.1) is 0 Å². The summed E-state index contributed by atoms with van der Waals surface area (Å²) in [4.78, 5) is 12.3. The Balaban J connectivity index is 2.32. The first-order valence-electron chi connectivity index (χ1n) is 6.65. The molecule has 0 spiro atoms. The van der Waals surface area contributed by atoms with Crippen LogP contribution in [0.25, 0.3) is 22.1 Å². The summed E-state index contributed by atoms with van der Waals surface area (Å²) in [5.74, 6) is 0.456. The number of phenols is 2. The molecular formula is C17H14O5. The number of ether oxygens (including phenoxy) is 1. The van der Waals surface area contributed by atoms with E-state index < -0.39 is 5.63 Å². The van der Waals surface area contributed by atoms with Gasteiger partial charge in [-0.1, -0.05) is 0 Å². The summed E-state index contributed by atoms with van der Waals surface area (Å²) >= 11 is 0. The van der Waals surface area contributed by atoms with E-state index in [-0.39, 0.29) is 11.5 Å². The van der Waals surface area contributed by atoms with E-state index in [9.17, 15) is 15.0 Å². The Morgan fingerprint density at radius 3 is 2.55 bits per heavy atom. The standard InChI is InChI=1S/C17H14O5/c1-9-12-5-3-10(18)7-15(12)22-17(20)16(9)13-6-4-11(21-2)8-14(13)19/h3-8,18-19H,1-2H3. The lowest BCUT2D eigenvalue weighted by atomic mass is 9.98. The van der Waals surface area contributed by atoms with Crippen molar-refractivity contribution < 1.29 is 19.4 Å². The van der Waals surface area contributed by atoms with E-state index in [2.05, 4.69) is 0 Å². The zero-order valence-corrected chi connectivity index (χ0v) is 12.1. The van der Waals surface area contributed by atoms with Crippen LogP contribution < -0.4 is 10.4 Å². The van der Waals surface area contributed by atoms with E-state index in [0.717, 1.165) is 0 Å². The van der Waals surface area contributed by atoms with Crippen molar-refractivity contribution in [2.45, 2.75) is 6.92 Å². The first kappa shape index (κ1) is 14.0. The maximum atomic E-state index is 12.3. The minimum atomic E-state index is -0.573. The zero-order chi connectivity index (χ0) is 15.9. The summed E-state index contributed by atoms with van der Waals surface area (Å²) in [7, 11) is 1.50. The highest BCUT2D eigenvalue weighted by molar-refractivity contribution is 5.88. The molecule has 0 saturated carbocycles. The highest BCUT2D eigenvalue weighted by atomic mass is 16.5. The molecule has 3 rings (SSSR count). The van der Waals surface area contributed by atoms with Gasteiger partial charge in [0.2, 0.25) is 0 Å². The third-order valence-electron chi connectivity index (χ3n) is 3.63. The summed E-state index contributed by atoms with van der Waals surface area (Å²) in [5, 5.41) is 20.3. The second kappa shape index (κ2) is 5.11. The van der Waals surface area contributed by atoms with Crippen LogP contribution in [0.1, 0.15) is 5.56 Å². The van der Waals surface area contributed by atoms with Crippen LogP contribution in [0, 0.1) is 6.92 Å². The number of phenolic OH excluding ortho intramolecular Hbond substituents is 2. The largest absolute Gasteiger partial charge is 0.508 e. The summed E-state index contributed by atoms with van der Waals surface area (Å²) in [5.41, 5.74) is 1.07. The first-order valence-corrected chi connectivity index (χ1v) is 6.65. The molecule has 2 N–H and O–H groups in total. The highest BCUT2D eigenvalue weighted by Gasteiger charge is 2.17. The third kappa shape index (κ3) is 2.16. The van der Waals surface area contributed by atoms with Crippen molar-refractivity contribution in [3.63, 3.8) is 0 Å². The molecule has 112 valence electrons. The van der Waals surface area contributed by atoms with Crippen molar-refractivity contribution in [1.29, 1.82) is 0 Å². The Morgan fingerprint density at radius 1 is 1.09 bits per heavy atom. The van der Waals surface area contributed by atoms with Gasteiger partial charge >= 0.3 is 5.63 Å². The molecule has 0 unspecified atom stereocenters. The van der Waals surface area contributed by atoms with Gasteiger partial charge in [0.15, 0.2) is 0 Å². The van der Waals surface area contributed by atoms with Gasteiger partial charge in [0.1, 0.15) is 22.8 Å². The number of fused-ring (bicyclic) bond motifs is 1. The van der Waals surface area contributed by atoms with Gasteiger partial charge in [-0.3, -0.25) is 0 Å². The number of rotatable bonds is 2. The minimum absolute atomic E-state index is 0.0232. The molecule has 0 radical (unpaired) electrons. The Hall–Kier alpha value is -2.95. The molecule has 22 heavy (non-hydrogen) atoms. The van der Waals surface area contributed by atoms with Crippen LogP contribution in [-0.4, -0.2) is 17.3 Å². The maximum absolute atomic E-state index is 12.3. The Bertz CT molecular complexity index is 924. The lowest BCUT2D eigenvalue weighted by Crippen LogP contribution is -2.06. The van der Waals surface area contributed by atoms with Gasteiger partial charge in [-0.25, -0.2) is 4.79 Å². The molecule has 0 aliphatic carbocycles. The number of methoxy groups -OCH3 is 1. The fourth-order valence-corrected chi connectivity index (χ4v) is 2.51. The lowest BCUT2D eigenvalue weighted by molar-refractivity contribution is 0.408. The Kier molecular flexibility index (Phi) is 3.25. The van der Waals surface area contributed by atoms with Crippen LogP contribution in [0.3, 0.4) is 0 Å². The fraction of sp³-hybridized carbons (Fsp3) is 0.118. The summed E-state index contributed by atoms with van der Waals surface area (Å²) in [6.45, 7) is 1.77. The molecule has 0 fully saturated rings. The van der Waals surface area contributed by atoms with Crippen molar-refractivity contribution in [2.75, 3.05) is 7.11 Å². The molecule has 2 aromatic carbocycles.